The Kier molecular flexibility index (Phi) is 68.9. The van der Waals surface area contributed by atoms with Gasteiger partial charge < -0.3 is 43.0 Å². The predicted octanol–water partition coefficient (Wildman–Crippen LogP) is 15.4. The van der Waals surface area contributed by atoms with Gasteiger partial charge in [-0.2, -0.15) is 0 Å². The predicted molar refractivity (Wildman–Crippen MR) is 468 cm³/mol. The summed E-state index contributed by atoms with van der Waals surface area (Å²) in [6, 6.07) is 0. The summed E-state index contributed by atoms with van der Waals surface area (Å²) in [7, 11) is 0. The molecule has 0 bridgehead atoms. The summed E-state index contributed by atoms with van der Waals surface area (Å²) in [5.74, 6) is -6.17. The van der Waals surface area contributed by atoms with Crippen LogP contribution in [0.5, 0.6) is 0 Å². The van der Waals surface area contributed by atoms with Crippen molar-refractivity contribution in [3.8, 4) is 0 Å². The number of esters is 8. The van der Waals surface area contributed by atoms with Crippen LogP contribution in [-0.2, 0) is 139 Å². The van der Waals surface area contributed by atoms with Crippen molar-refractivity contribution < 1.29 is 144 Å². The molecular formula is C93H152O30. The van der Waals surface area contributed by atoms with Crippen LogP contribution >= 0.6 is 0 Å². The van der Waals surface area contributed by atoms with Crippen molar-refractivity contribution in [3.63, 3.8) is 0 Å². The fourth-order valence-electron chi connectivity index (χ4n) is 6.46. The minimum Gasteiger partial charge on any atom is -0.481 e. The van der Waals surface area contributed by atoms with E-state index in [1.54, 1.807) is 180 Å². The molecule has 0 fully saturated rings. The van der Waals surface area contributed by atoms with Crippen LogP contribution in [0.3, 0.4) is 0 Å². The molecule has 0 heterocycles. The number of carbonyl (C=O) groups is 21. The van der Waals surface area contributed by atoms with Crippen LogP contribution in [0.1, 0.15) is 308 Å². The molecule has 30 heteroatoms. The van der Waals surface area contributed by atoms with Gasteiger partial charge in [-0.15, -0.1) is 0 Å². The van der Waals surface area contributed by atoms with E-state index in [4.69, 9.17) is 28.8 Å². The molecule has 0 rings (SSSR count). The largest absolute Gasteiger partial charge is 0.481 e. The Morgan fingerprint density at radius 1 is 0.252 bits per heavy atom. The van der Waals surface area contributed by atoms with E-state index in [1.165, 1.54) is 65.8 Å². The van der Waals surface area contributed by atoms with Crippen LogP contribution in [0.25, 0.3) is 0 Å². The molecule has 0 spiro atoms. The van der Waals surface area contributed by atoms with Gasteiger partial charge in [-0.3, -0.25) is 76.7 Å². The zero-order chi connectivity index (χ0) is 99.6. The number of carbonyl (C=O) groups excluding carboxylic acids is 20. The van der Waals surface area contributed by atoms with Gasteiger partial charge in [0.15, 0.2) is 64.6 Å². The van der Waals surface area contributed by atoms with Gasteiger partial charge in [0, 0.05) is 98.4 Å². The highest BCUT2D eigenvalue weighted by Gasteiger charge is 2.30. The van der Waals surface area contributed by atoms with Gasteiger partial charge in [0.2, 0.25) is 0 Å². The molecule has 0 aromatic rings. The number of hydrogen-bond acceptors (Lipinski definition) is 29. The lowest BCUT2D eigenvalue weighted by molar-refractivity contribution is -0.152. The molecule has 0 aromatic carbocycles. The van der Waals surface area contributed by atoms with Gasteiger partial charge in [0.25, 0.3) is 0 Å². The Hall–Kier alpha value is -10.0. The molecule has 0 aliphatic heterocycles. The molecule has 3 unspecified atom stereocenters. The number of aliphatic carboxylic acids is 1. The number of allylic oxidation sites excluding steroid dienone is 5. The molecular weight excluding hydrogens is 1600 g/mol. The monoisotopic (exact) mass is 1750 g/mol. The van der Waals surface area contributed by atoms with Crippen LogP contribution in [0.4, 0.5) is 0 Å². The quantitative estimate of drug-likeness (QED) is 0.0283. The molecule has 0 aromatic heterocycles. The number of rotatable bonds is 32. The van der Waals surface area contributed by atoms with Crippen molar-refractivity contribution in [1.29, 1.82) is 0 Å². The maximum atomic E-state index is 11.7. The van der Waals surface area contributed by atoms with Crippen LogP contribution in [0, 0.1) is 48.7 Å². The van der Waals surface area contributed by atoms with E-state index in [0.29, 0.717) is 33.0 Å². The normalized spacial score (nSPS) is 12.2. The number of carboxylic acid groups (broad SMARTS) is 1. The number of hydrogen-bond donors (Lipinski definition) is 1. The summed E-state index contributed by atoms with van der Waals surface area (Å²) in [6.07, 6.45) is 10.00. The van der Waals surface area contributed by atoms with Gasteiger partial charge in [0.1, 0.15) is 29.6 Å². The molecule has 0 saturated heterocycles. The zero-order valence-electron chi connectivity index (χ0n) is 81.3. The molecule has 0 aliphatic carbocycles. The summed E-state index contributed by atoms with van der Waals surface area (Å²) in [4.78, 5) is 232. The minimum absolute atomic E-state index is 0.0000926. The first-order valence-corrected chi connectivity index (χ1v) is 40.6. The molecule has 123 heavy (non-hydrogen) atoms. The maximum Gasteiger partial charge on any atom is 0.331 e. The lowest BCUT2D eigenvalue weighted by Gasteiger charge is -2.21. The van der Waals surface area contributed by atoms with Gasteiger partial charge in [-0.05, 0) is 107 Å². The summed E-state index contributed by atoms with van der Waals surface area (Å²) >= 11 is 0. The average Bonchev–Trinajstić information content (AvgIpc) is 0.875. The van der Waals surface area contributed by atoms with Crippen molar-refractivity contribution in [1.82, 2.24) is 0 Å². The van der Waals surface area contributed by atoms with Crippen LogP contribution in [0.15, 0.2) is 60.8 Å². The van der Waals surface area contributed by atoms with Crippen molar-refractivity contribution in [2.75, 3.05) is 33.0 Å². The van der Waals surface area contributed by atoms with Crippen LogP contribution in [-0.4, -0.2) is 180 Å². The van der Waals surface area contributed by atoms with Gasteiger partial charge in [-0.1, -0.05) is 187 Å². The Morgan fingerprint density at radius 3 is 0.675 bits per heavy atom. The molecule has 704 valence electrons. The van der Waals surface area contributed by atoms with Crippen LogP contribution < -0.4 is 0 Å². The summed E-state index contributed by atoms with van der Waals surface area (Å²) in [6.45, 7) is 67.3. The molecule has 1 N–H and O–H groups in total. The molecule has 3 atom stereocenters. The Morgan fingerprint density at radius 2 is 0.472 bits per heavy atom. The SMILES string of the molecule is CC(=O)/C=C/C(=O)OC(C)C(=O)C(C)(C)C.CC(=O)C(C)OC(=O)/C=C/C(=O)C(C)(C)C.CC(=O)C(C)OC(=O)/C=C\C(=O)C(C)(C)C.CC(C)(C)C(=O)CCC(=O)O.CCOC(=O)/C=C/C(=O)C(C)(C)C.CCOC(=O)/C=C\C(=O)C(C)(C)C.CCOC(=O)CC(=O)C(C)(C)C.CCOC(=O)CCC(=O)C(C)(C)C.CCOC(=O)CCC(=O)C(C)(C)C. The summed E-state index contributed by atoms with van der Waals surface area (Å²) < 4.78 is 37.7. The standard InChI is InChI=1S/3C12H18O4.2C10H18O3.2C10H16O3.C9H16O3.C8H14O3/c2*1-8(13)9(2)16-11(15)7-6-10(14)12(3,4)5;1-8(13)6-7-10(14)16-9(2)11(15)12(3,4)5;4*1-5-13-9(12)7-6-8(11)10(2,3)4;1-5-12-8(11)6-7(10)9(2,3)4;1-8(2,3)6(9)4-5-7(10)11/h3*6-7,9H,1-5H3;2*5-7H2,1-4H3;2*6-7H,5H2,1-4H3;5-6H2,1-4H3;4-5H2,1-3H3,(H,10,11)/b7-6+;7-6-;7-6+;;;7-6+;7-6-;;. The topological polar surface area (TPSA) is 453 Å². The minimum atomic E-state index is -0.914. The van der Waals surface area contributed by atoms with E-state index >= 15 is 0 Å². The first-order valence-electron chi connectivity index (χ1n) is 40.6. The Balaban J connectivity index is -0.000000170. The Bertz CT molecular complexity index is 3430. The van der Waals surface area contributed by atoms with Crippen molar-refractivity contribution in [2.24, 2.45) is 48.7 Å². The second-order valence-corrected chi connectivity index (χ2v) is 36.5. The number of Topliss-reactive ketones (excluding diaryl/α,β-unsaturated/α-hetero) is 7. The van der Waals surface area contributed by atoms with E-state index in [1.807, 2.05) is 41.5 Å². The second-order valence-electron chi connectivity index (χ2n) is 36.5. The molecule has 0 saturated carbocycles. The highest BCUT2D eigenvalue weighted by molar-refractivity contribution is 6.02. The van der Waals surface area contributed by atoms with Crippen molar-refractivity contribution >= 4 is 123 Å². The molecule has 0 amide bonds. The van der Waals surface area contributed by atoms with E-state index < -0.39 is 98.0 Å². The lowest BCUT2D eigenvalue weighted by Crippen LogP contribution is -2.33. The summed E-state index contributed by atoms with van der Waals surface area (Å²) in [5, 5.41) is 8.28. The highest BCUT2D eigenvalue weighted by atomic mass is 16.6. The smallest absolute Gasteiger partial charge is 0.331 e. The fourth-order valence-corrected chi connectivity index (χ4v) is 6.46. The molecule has 0 aliphatic rings. The molecule has 0 radical (unpaired) electrons. The summed E-state index contributed by atoms with van der Waals surface area (Å²) in [5.41, 5.74) is -4.05. The highest BCUT2D eigenvalue weighted by Crippen LogP contribution is 2.23. The third kappa shape index (κ3) is 84.0. The van der Waals surface area contributed by atoms with Gasteiger partial charge >= 0.3 is 53.7 Å². The maximum absolute atomic E-state index is 11.7. The number of ether oxygens (including phenoxy) is 8. The third-order valence-electron chi connectivity index (χ3n) is 14.8. The van der Waals surface area contributed by atoms with Gasteiger partial charge in [0.05, 0.1) is 52.3 Å². The molecule has 30 nitrogen and oxygen atoms in total. The van der Waals surface area contributed by atoms with E-state index in [0.717, 1.165) is 36.5 Å². The first-order chi connectivity index (χ1) is 55.1. The van der Waals surface area contributed by atoms with Crippen molar-refractivity contribution in [2.45, 2.75) is 326 Å². The van der Waals surface area contributed by atoms with Crippen molar-refractivity contribution in [3.05, 3.63) is 60.8 Å². The Labute approximate surface area is 732 Å². The average molecular weight is 1750 g/mol. The number of ketones is 12. The third-order valence-corrected chi connectivity index (χ3v) is 14.8. The second kappa shape index (κ2) is 64.7. The zero-order valence-corrected chi connectivity index (χ0v) is 81.3. The van der Waals surface area contributed by atoms with E-state index in [9.17, 15) is 101 Å². The number of carboxylic acids is 1. The lowest BCUT2D eigenvalue weighted by atomic mass is 9.88. The van der Waals surface area contributed by atoms with Gasteiger partial charge in [-0.25, -0.2) is 24.0 Å². The first kappa shape index (κ1) is 131. The fraction of sp³-hybridized carbons (Fsp3) is 0.667. The van der Waals surface area contributed by atoms with E-state index in [-0.39, 0.29) is 137 Å². The van der Waals surface area contributed by atoms with E-state index in [2.05, 4.69) is 14.2 Å². The van der Waals surface area contributed by atoms with Crippen LogP contribution in [0.2, 0.25) is 0 Å².